The highest BCUT2D eigenvalue weighted by atomic mass is 79.9. The number of rotatable bonds is 10. The highest BCUT2D eigenvalue weighted by Crippen LogP contribution is 2.33. The van der Waals surface area contributed by atoms with Crippen molar-refractivity contribution in [3.63, 3.8) is 0 Å². The van der Waals surface area contributed by atoms with E-state index >= 15 is 0 Å². The van der Waals surface area contributed by atoms with Gasteiger partial charge in [-0.3, -0.25) is 4.79 Å². The lowest BCUT2D eigenvalue weighted by Gasteiger charge is -2.13. The molecule has 4 aromatic carbocycles. The number of nitrogens with one attached hydrogen (secondary N) is 1. The van der Waals surface area contributed by atoms with Crippen molar-refractivity contribution in [3.05, 3.63) is 117 Å². The minimum atomic E-state index is -3.80. The van der Waals surface area contributed by atoms with Gasteiger partial charge in [-0.1, -0.05) is 70.5 Å². The maximum atomic E-state index is 14.4. The Morgan fingerprint density at radius 1 is 0.949 bits per heavy atom. The van der Waals surface area contributed by atoms with E-state index in [9.17, 15) is 17.6 Å². The molecular formula is C31H29BrFNO4S. The van der Waals surface area contributed by atoms with Gasteiger partial charge in [0.15, 0.2) is 9.84 Å². The van der Waals surface area contributed by atoms with Crippen molar-refractivity contribution >= 4 is 31.7 Å². The molecule has 1 amide bonds. The fourth-order valence-corrected chi connectivity index (χ4v) is 6.28. The molecule has 8 heteroatoms. The summed E-state index contributed by atoms with van der Waals surface area (Å²) in [5.41, 5.74) is 3.93. The van der Waals surface area contributed by atoms with Gasteiger partial charge in [0.25, 0.3) is 5.91 Å². The minimum absolute atomic E-state index is 0.0155. The van der Waals surface area contributed by atoms with Crippen LogP contribution in [0.3, 0.4) is 0 Å². The van der Waals surface area contributed by atoms with Crippen LogP contribution in [0.1, 0.15) is 33.5 Å². The zero-order valence-corrected chi connectivity index (χ0v) is 24.1. The molecule has 0 unspecified atom stereocenters. The summed E-state index contributed by atoms with van der Waals surface area (Å²) in [7, 11) is -2.39. The molecule has 0 atom stereocenters. The van der Waals surface area contributed by atoms with Crippen LogP contribution >= 0.6 is 15.9 Å². The monoisotopic (exact) mass is 609 g/mol. The van der Waals surface area contributed by atoms with Gasteiger partial charge in [0.1, 0.15) is 16.5 Å². The van der Waals surface area contributed by atoms with E-state index in [-0.39, 0.29) is 22.3 Å². The van der Waals surface area contributed by atoms with E-state index in [1.807, 2.05) is 37.3 Å². The molecule has 0 aliphatic rings. The third-order valence-electron chi connectivity index (χ3n) is 6.40. The fourth-order valence-electron chi connectivity index (χ4n) is 4.38. The molecule has 0 saturated heterocycles. The molecule has 1 N–H and O–H groups in total. The zero-order chi connectivity index (χ0) is 28.0. The van der Waals surface area contributed by atoms with Crippen molar-refractivity contribution in [3.8, 4) is 16.9 Å². The average molecular weight is 611 g/mol. The number of amides is 1. The van der Waals surface area contributed by atoms with Crippen molar-refractivity contribution in [2.24, 2.45) is 0 Å². The SMILES string of the molecule is COc1ccc(-c2ccccc2F)cc1S(=O)(=O)Cc1cccc(CCCNC(=O)c2cc(Br)ccc2C)c1. The third kappa shape index (κ3) is 7.13. The highest BCUT2D eigenvalue weighted by molar-refractivity contribution is 9.10. The van der Waals surface area contributed by atoms with E-state index in [1.165, 1.54) is 19.2 Å². The first-order valence-electron chi connectivity index (χ1n) is 12.5. The Morgan fingerprint density at radius 2 is 1.72 bits per heavy atom. The molecule has 4 aromatic rings. The van der Waals surface area contributed by atoms with Gasteiger partial charge < -0.3 is 10.1 Å². The van der Waals surface area contributed by atoms with Gasteiger partial charge >= 0.3 is 0 Å². The zero-order valence-electron chi connectivity index (χ0n) is 21.7. The summed E-state index contributed by atoms with van der Waals surface area (Å²) < 4.78 is 47.5. The number of ether oxygens (including phenoxy) is 1. The molecule has 0 fully saturated rings. The Bertz CT molecular complexity index is 1600. The van der Waals surface area contributed by atoms with Crippen LogP contribution in [0.15, 0.2) is 94.3 Å². The van der Waals surface area contributed by atoms with E-state index < -0.39 is 15.7 Å². The van der Waals surface area contributed by atoms with Crippen LogP contribution < -0.4 is 10.1 Å². The second kappa shape index (κ2) is 12.6. The van der Waals surface area contributed by atoms with E-state index in [1.54, 1.807) is 42.5 Å². The Morgan fingerprint density at radius 3 is 2.49 bits per heavy atom. The predicted octanol–water partition coefficient (Wildman–Crippen LogP) is 6.91. The Kier molecular flexibility index (Phi) is 9.20. The molecular weight excluding hydrogens is 581 g/mol. The van der Waals surface area contributed by atoms with Crippen LogP contribution in [0.5, 0.6) is 5.75 Å². The molecule has 0 aliphatic carbocycles. The third-order valence-corrected chi connectivity index (χ3v) is 8.60. The smallest absolute Gasteiger partial charge is 0.251 e. The first kappa shape index (κ1) is 28.5. The number of carbonyl (C=O) groups excluding carboxylic acids is 1. The summed E-state index contributed by atoms with van der Waals surface area (Å²) in [6.07, 6.45) is 1.38. The summed E-state index contributed by atoms with van der Waals surface area (Å²) in [5.74, 6) is -0.568. The summed E-state index contributed by atoms with van der Waals surface area (Å²) in [6, 6.07) is 23.9. The molecule has 0 radical (unpaired) electrons. The second-order valence-electron chi connectivity index (χ2n) is 9.24. The van der Waals surface area contributed by atoms with E-state index in [4.69, 9.17) is 4.74 Å². The first-order chi connectivity index (χ1) is 18.7. The van der Waals surface area contributed by atoms with Crippen LogP contribution in [0.4, 0.5) is 4.39 Å². The number of methoxy groups -OCH3 is 1. The first-order valence-corrected chi connectivity index (χ1v) is 14.9. The van der Waals surface area contributed by atoms with Crippen LogP contribution in [0, 0.1) is 12.7 Å². The molecule has 39 heavy (non-hydrogen) atoms. The van der Waals surface area contributed by atoms with Gasteiger partial charge in [0, 0.05) is 22.1 Å². The predicted molar refractivity (Wildman–Crippen MR) is 155 cm³/mol. The van der Waals surface area contributed by atoms with Crippen LogP contribution in [0.2, 0.25) is 0 Å². The van der Waals surface area contributed by atoms with Gasteiger partial charge in [0.2, 0.25) is 0 Å². The molecule has 202 valence electrons. The van der Waals surface area contributed by atoms with Crippen LogP contribution in [-0.2, 0) is 22.0 Å². The quantitative estimate of drug-likeness (QED) is 0.198. The number of halogens is 2. The van der Waals surface area contributed by atoms with Crippen molar-refractivity contribution in [1.82, 2.24) is 5.32 Å². The van der Waals surface area contributed by atoms with Gasteiger partial charge in [-0.05, 0) is 72.4 Å². The maximum absolute atomic E-state index is 14.4. The standard InChI is InChI=1S/C31H29BrFNO4S/c1-21-12-14-25(32)19-27(21)31(35)34-16-6-9-22-7-5-8-23(17-22)20-39(36,37)30-18-24(13-15-29(30)38-2)26-10-3-4-11-28(26)33/h3-5,7-8,10-15,17-19H,6,9,16,20H2,1-2H3,(H,34,35). The molecule has 0 bridgehead atoms. The number of sulfone groups is 1. The topological polar surface area (TPSA) is 72.5 Å². The molecule has 0 aromatic heterocycles. The second-order valence-corrected chi connectivity index (χ2v) is 12.1. The van der Waals surface area contributed by atoms with E-state index in [0.29, 0.717) is 41.6 Å². The lowest BCUT2D eigenvalue weighted by Crippen LogP contribution is -2.25. The molecule has 5 nitrogen and oxygen atoms in total. The Labute approximate surface area is 237 Å². The summed E-state index contributed by atoms with van der Waals surface area (Å²) >= 11 is 3.40. The van der Waals surface area contributed by atoms with Crippen LogP contribution in [-0.4, -0.2) is 28.0 Å². The number of carbonyl (C=O) groups is 1. The maximum Gasteiger partial charge on any atom is 0.251 e. The fraction of sp³-hybridized carbons (Fsp3) is 0.194. The summed E-state index contributed by atoms with van der Waals surface area (Å²) in [4.78, 5) is 12.5. The molecule has 0 saturated carbocycles. The van der Waals surface area contributed by atoms with Crippen molar-refractivity contribution in [2.45, 2.75) is 30.4 Å². The van der Waals surface area contributed by atoms with Gasteiger partial charge in [0.05, 0.1) is 12.9 Å². The van der Waals surface area contributed by atoms with Gasteiger partial charge in [-0.2, -0.15) is 0 Å². The van der Waals surface area contributed by atoms with E-state index in [2.05, 4.69) is 21.2 Å². The number of aryl methyl sites for hydroxylation is 2. The molecule has 0 heterocycles. The van der Waals surface area contributed by atoms with Crippen LogP contribution in [0.25, 0.3) is 11.1 Å². The van der Waals surface area contributed by atoms with Crippen molar-refractivity contribution in [2.75, 3.05) is 13.7 Å². The molecule has 0 spiro atoms. The Hall–Kier alpha value is -3.49. The van der Waals surface area contributed by atoms with Crippen molar-refractivity contribution in [1.29, 1.82) is 0 Å². The minimum Gasteiger partial charge on any atom is -0.495 e. The normalized spacial score (nSPS) is 11.3. The largest absolute Gasteiger partial charge is 0.495 e. The number of hydrogen-bond donors (Lipinski definition) is 1. The average Bonchev–Trinajstić information content (AvgIpc) is 2.92. The molecule has 4 rings (SSSR count). The van der Waals surface area contributed by atoms with Crippen molar-refractivity contribution < 1.29 is 22.3 Å². The number of benzene rings is 4. The highest BCUT2D eigenvalue weighted by Gasteiger charge is 2.22. The lowest BCUT2D eigenvalue weighted by molar-refractivity contribution is 0.0952. The Balaban J connectivity index is 1.44. The molecule has 0 aliphatic heterocycles. The van der Waals surface area contributed by atoms with Gasteiger partial charge in [-0.15, -0.1) is 0 Å². The summed E-state index contributed by atoms with van der Waals surface area (Å²) in [5, 5.41) is 2.95. The van der Waals surface area contributed by atoms with E-state index in [0.717, 1.165) is 15.6 Å². The number of hydrogen-bond acceptors (Lipinski definition) is 4. The summed E-state index contributed by atoms with van der Waals surface area (Å²) in [6.45, 7) is 2.39. The lowest BCUT2D eigenvalue weighted by atomic mass is 10.1. The van der Waals surface area contributed by atoms with Gasteiger partial charge in [-0.25, -0.2) is 12.8 Å².